The summed E-state index contributed by atoms with van der Waals surface area (Å²) < 4.78 is 10.2. The minimum absolute atomic E-state index is 0.0889. The fraction of sp³-hybridized carbons (Fsp3) is 0.158. The number of methoxy groups -OCH3 is 2. The van der Waals surface area contributed by atoms with Gasteiger partial charge in [-0.25, -0.2) is 0 Å². The number of halogens is 1. The fourth-order valence-corrected chi connectivity index (χ4v) is 2.39. The second kappa shape index (κ2) is 8.28. The number of nitriles is 1. The van der Waals surface area contributed by atoms with Crippen LogP contribution in [0.25, 0.3) is 6.08 Å². The number of amides is 1. The van der Waals surface area contributed by atoms with E-state index in [2.05, 4.69) is 5.32 Å². The number of rotatable bonds is 5. The summed E-state index contributed by atoms with van der Waals surface area (Å²) in [5.74, 6) is -0.0170. The molecule has 2 aromatic carbocycles. The van der Waals surface area contributed by atoms with E-state index < -0.39 is 5.91 Å². The molecule has 0 saturated heterocycles. The molecule has 134 valence electrons. The SMILES string of the molecule is COc1ccc(C=C(C#N)C(=O)Nc2cc(C)c(Cl)cc2OC)cc1O. The predicted molar refractivity (Wildman–Crippen MR) is 99.6 cm³/mol. The number of aromatic hydroxyl groups is 1. The van der Waals surface area contributed by atoms with Gasteiger partial charge >= 0.3 is 0 Å². The molecule has 0 aliphatic heterocycles. The minimum Gasteiger partial charge on any atom is -0.504 e. The molecule has 6 nitrogen and oxygen atoms in total. The Morgan fingerprint density at radius 3 is 2.50 bits per heavy atom. The van der Waals surface area contributed by atoms with Crippen LogP contribution < -0.4 is 14.8 Å². The molecule has 26 heavy (non-hydrogen) atoms. The van der Waals surface area contributed by atoms with E-state index in [0.29, 0.717) is 27.8 Å². The molecule has 0 bridgehead atoms. The van der Waals surface area contributed by atoms with E-state index in [1.165, 1.54) is 26.4 Å². The van der Waals surface area contributed by atoms with Gasteiger partial charge in [0.1, 0.15) is 17.4 Å². The Morgan fingerprint density at radius 1 is 1.23 bits per heavy atom. The topological polar surface area (TPSA) is 91.6 Å². The van der Waals surface area contributed by atoms with Gasteiger partial charge in [-0.15, -0.1) is 0 Å². The van der Waals surface area contributed by atoms with Crippen LogP contribution in [0.3, 0.4) is 0 Å². The number of nitrogens with one attached hydrogen (secondary N) is 1. The number of phenols is 1. The zero-order valence-corrected chi connectivity index (χ0v) is 15.2. The maximum absolute atomic E-state index is 12.4. The molecule has 7 heteroatoms. The number of aryl methyl sites for hydroxylation is 1. The van der Waals surface area contributed by atoms with Crippen LogP contribution in [0.15, 0.2) is 35.9 Å². The number of nitrogens with zero attached hydrogens (tertiary/aromatic N) is 1. The van der Waals surface area contributed by atoms with Gasteiger partial charge in [0.05, 0.1) is 19.9 Å². The number of phenolic OH excluding ortho intramolecular Hbond substituents is 1. The molecule has 0 aliphatic rings. The first-order valence-corrected chi connectivity index (χ1v) is 7.91. The van der Waals surface area contributed by atoms with Crippen LogP contribution in [0.5, 0.6) is 17.2 Å². The Labute approximate surface area is 156 Å². The Morgan fingerprint density at radius 2 is 1.92 bits per heavy atom. The smallest absolute Gasteiger partial charge is 0.266 e. The van der Waals surface area contributed by atoms with Crippen molar-refractivity contribution in [1.82, 2.24) is 0 Å². The summed E-state index contributed by atoms with van der Waals surface area (Å²) in [5.41, 5.74) is 1.50. The van der Waals surface area contributed by atoms with Crippen molar-refractivity contribution < 1.29 is 19.4 Å². The average Bonchev–Trinajstić information content (AvgIpc) is 2.62. The van der Waals surface area contributed by atoms with Gasteiger partial charge in [-0.1, -0.05) is 17.7 Å². The monoisotopic (exact) mass is 372 g/mol. The van der Waals surface area contributed by atoms with Crippen LogP contribution in [-0.2, 0) is 4.79 Å². The molecule has 0 aromatic heterocycles. The summed E-state index contributed by atoms with van der Waals surface area (Å²) in [7, 11) is 2.89. The molecule has 0 radical (unpaired) electrons. The molecule has 0 heterocycles. The highest BCUT2D eigenvalue weighted by Gasteiger charge is 2.14. The van der Waals surface area contributed by atoms with Gasteiger partial charge in [0.25, 0.3) is 5.91 Å². The highest BCUT2D eigenvalue weighted by Crippen LogP contribution is 2.31. The lowest BCUT2D eigenvalue weighted by Gasteiger charge is -2.12. The highest BCUT2D eigenvalue weighted by molar-refractivity contribution is 6.31. The lowest BCUT2D eigenvalue weighted by atomic mass is 10.1. The third-order valence-corrected chi connectivity index (χ3v) is 4.02. The first-order chi connectivity index (χ1) is 12.4. The highest BCUT2D eigenvalue weighted by atomic mass is 35.5. The molecule has 2 rings (SSSR count). The van der Waals surface area contributed by atoms with E-state index in [0.717, 1.165) is 5.56 Å². The van der Waals surface area contributed by atoms with Gasteiger partial charge in [0.15, 0.2) is 11.5 Å². The van der Waals surface area contributed by atoms with E-state index in [1.807, 2.05) is 6.07 Å². The van der Waals surface area contributed by atoms with E-state index in [-0.39, 0.29) is 11.3 Å². The molecule has 0 spiro atoms. The van der Waals surface area contributed by atoms with Crippen LogP contribution in [0.1, 0.15) is 11.1 Å². The average molecular weight is 373 g/mol. The maximum atomic E-state index is 12.4. The molecular weight excluding hydrogens is 356 g/mol. The van der Waals surface area contributed by atoms with Gasteiger partial charge in [-0.2, -0.15) is 5.26 Å². The van der Waals surface area contributed by atoms with Gasteiger partial charge in [0, 0.05) is 11.1 Å². The standard InChI is InChI=1S/C19H17ClN2O4/c1-11-6-15(18(26-3)9-14(11)20)22-19(24)13(10-21)7-12-4-5-17(25-2)16(23)8-12/h4-9,23H,1-3H3,(H,22,24). The van der Waals surface area contributed by atoms with Crippen LogP contribution in [0, 0.1) is 18.3 Å². The van der Waals surface area contributed by atoms with Crippen molar-refractivity contribution in [3.05, 3.63) is 52.1 Å². The summed E-state index contributed by atoms with van der Waals surface area (Å²) in [6, 6.07) is 9.66. The number of hydrogen-bond donors (Lipinski definition) is 2. The predicted octanol–water partition coefficient (Wildman–Crippen LogP) is 3.92. The zero-order valence-electron chi connectivity index (χ0n) is 14.5. The van der Waals surface area contributed by atoms with Crippen molar-refractivity contribution in [2.24, 2.45) is 0 Å². The summed E-state index contributed by atoms with van der Waals surface area (Å²) in [6.07, 6.45) is 1.36. The van der Waals surface area contributed by atoms with Crippen LogP contribution in [0.2, 0.25) is 5.02 Å². The summed E-state index contributed by atoms with van der Waals surface area (Å²) in [4.78, 5) is 12.4. The summed E-state index contributed by atoms with van der Waals surface area (Å²) >= 11 is 6.05. The van der Waals surface area contributed by atoms with Crippen molar-refractivity contribution in [1.29, 1.82) is 5.26 Å². The fourth-order valence-electron chi connectivity index (χ4n) is 2.23. The largest absolute Gasteiger partial charge is 0.504 e. The van der Waals surface area contributed by atoms with E-state index in [4.69, 9.17) is 21.1 Å². The zero-order chi connectivity index (χ0) is 19.3. The van der Waals surface area contributed by atoms with Gasteiger partial charge < -0.3 is 19.9 Å². The third-order valence-electron chi connectivity index (χ3n) is 3.61. The number of ether oxygens (including phenoxy) is 2. The number of carbonyl (C=O) groups excluding carboxylic acids is 1. The molecule has 2 aromatic rings. The lowest BCUT2D eigenvalue weighted by molar-refractivity contribution is -0.112. The minimum atomic E-state index is -0.608. The third kappa shape index (κ3) is 4.26. The second-order valence-corrected chi connectivity index (χ2v) is 5.76. The van der Waals surface area contributed by atoms with E-state index in [9.17, 15) is 15.2 Å². The number of carbonyl (C=O) groups is 1. The van der Waals surface area contributed by atoms with Crippen LogP contribution in [-0.4, -0.2) is 25.2 Å². The van der Waals surface area contributed by atoms with Crippen LogP contribution >= 0.6 is 11.6 Å². The quantitative estimate of drug-likeness (QED) is 0.613. The van der Waals surface area contributed by atoms with Gasteiger partial charge in [-0.05, 0) is 42.3 Å². The Hall–Kier alpha value is -3.17. The molecule has 0 unspecified atom stereocenters. The second-order valence-electron chi connectivity index (χ2n) is 5.36. The van der Waals surface area contributed by atoms with Crippen LogP contribution in [0.4, 0.5) is 5.69 Å². The van der Waals surface area contributed by atoms with Crippen molar-refractivity contribution in [3.8, 4) is 23.3 Å². The van der Waals surface area contributed by atoms with Crippen molar-refractivity contribution >= 4 is 29.3 Å². The molecule has 0 saturated carbocycles. The molecule has 0 fully saturated rings. The number of benzene rings is 2. The molecule has 0 aliphatic carbocycles. The van der Waals surface area contributed by atoms with Crippen molar-refractivity contribution in [2.45, 2.75) is 6.92 Å². The van der Waals surface area contributed by atoms with Crippen molar-refractivity contribution in [2.75, 3.05) is 19.5 Å². The maximum Gasteiger partial charge on any atom is 0.266 e. The molecular formula is C19H17ClN2O4. The van der Waals surface area contributed by atoms with E-state index >= 15 is 0 Å². The first-order valence-electron chi connectivity index (χ1n) is 7.54. The first kappa shape index (κ1) is 19.2. The molecule has 1 amide bonds. The lowest BCUT2D eigenvalue weighted by Crippen LogP contribution is -2.14. The number of hydrogen-bond acceptors (Lipinski definition) is 5. The Kier molecular flexibility index (Phi) is 6.10. The van der Waals surface area contributed by atoms with E-state index in [1.54, 1.807) is 31.2 Å². The Bertz CT molecular complexity index is 916. The number of anilines is 1. The van der Waals surface area contributed by atoms with Gasteiger partial charge in [0.2, 0.25) is 0 Å². The van der Waals surface area contributed by atoms with Gasteiger partial charge in [-0.3, -0.25) is 4.79 Å². The summed E-state index contributed by atoms with van der Waals surface area (Å²) in [6.45, 7) is 1.79. The summed E-state index contributed by atoms with van der Waals surface area (Å²) in [5, 5.41) is 22.3. The van der Waals surface area contributed by atoms with Crippen molar-refractivity contribution in [3.63, 3.8) is 0 Å². The Balaban J connectivity index is 2.31. The molecule has 0 atom stereocenters. The molecule has 2 N–H and O–H groups in total. The normalized spacial score (nSPS) is 10.8.